The Morgan fingerprint density at radius 3 is 2.91 bits per heavy atom. The van der Waals surface area contributed by atoms with Crippen LogP contribution in [0.3, 0.4) is 0 Å². The lowest BCUT2D eigenvalue weighted by atomic mass is 10.1. The van der Waals surface area contributed by atoms with Crippen LogP contribution in [0.2, 0.25) is 0 Å². The van der Waals surface area contributed by atoms with Crippen molar-refractivity contribution in [1.29, 1.82) is 0 Å². The summed E-state index contributed by atoms with van der Waals surface area (Å²) >= 11 is 0. The average Bonchev–Trinajstić information content (AvgIpc) is 3.20. The molecule has 1 saturated heterocycles. The van der Waals surface area contributed by atoms with Crippen LogP contribution in [-0.2, 0) is 4.79 Å². The molecule has 1 amide bonds. The van der Waals surface area contributed by atoms with Gasteiger partial charge in [0.2, 0.25) is 5.91 Å². The van der Waals surface area contributed by atoms with Crippen molar-refractivity contribution in [2.24, 2.45) is 5.92 Å². The first-order valence-corrected chi connectivity index (χ1v) is 8.22. The lowest BCUT2D eigenvalue weighted by molar-refractivity contribution is -0.126. The number of likely N-dealkylation sites (tertiary alicyclic amines) is 1. The minimum atomic E-state index is -0.196. The summed E-state index contributed by atoms with van der Waals surface area (Å²) in [6.45, 7) is 5.69. The number of amides is 1. The number of hydrogen-bond acceptors (Lipinski definition) is 4. The van der Waals surface area contributed by atoms with Crippen molar-refractivity contribution >= 4 is 16.9 Å². The zero-order chi connectivity index (χ0) is 16.4. The highest BCUT2D eigenvalue weighted by Gasteiger charge is 2.30. The number of fused-ring (bicyclic) bond motifs is 1. The molecule has 0 saturated carbocycles. The molecule has 2 N–H and O–H groups in total. The van der Waals surface area contributed by atoms with E-state index in [4.69, 9.17) is 4.42 Å². The predicted molar refractivity (Wildman–Crippen MR) is 89.0 cm³/mol. The van der Waals surface area contributed by atoms with Crippen LogP contribution < -0.4 is 5.32 Å². The van der Waals surface area contributed by atoms with Gasteiger partial charge in [-0.15, -0.1) is 0 Å². The van der Waals surface area contributed by atoms with E-state index >= 15 is 0 Å². The molecule has 1 fully saturated rings. The lowest BCUT2D eigenvalue weighted by Crippen LogP contribution is -2.44. The average molecular weight is 316 g/mol. The molecule has 1 aliphatic heterocycles. The Morgan fingerprint density at radius 2 is 2.22 bits per heavy atom. The van der Waals surface area contributed by atoms with Gasteiger partial charge in [-0.05, 0) is 44.9 Å². The van der Waals surface area contributed by atoms with Crippen LogP contribution in [0.15, 0.2) is 34.7 Å². The number of rotatable bonds is 5. The Kier molecular flexibility index (Phi) is 4.68. The molecule has 5 heteroatoms. The van der Waals surface area contributed by atoms with Crippen molar-refractivity contribution in [3.63, 3.8) is 0 Å². The minimum Gasteiger partial charge on any atom is -0.459 e. The predicted octanol–water partition coefficient (Wildman–Crippen LogP) is 2.31. The van der Waals surface area contributed by atoms with Gasteiger partial charge in [0.25, 0.3) is 0 Å². The maximum Gasteiger partial charge on any atom is 0.237 e. The van der Waals surface area contributed by atoms with Crippen LogP contribution in [-0.4, -0.2) is 41.7 Å². The van der Waals surface area contributed by atoms with E-state index in [0.29, 0.717) is 0 Å². The highest BCUT2D eigenvalue weighted by atomic mass is 16.3. The number of carbonyl (C=O) groups excluding carboxylic acids is 1. The molecule has 0 radical (unpaired) electrons. The van der Waals surface area contributed by atoms with E-state index in [9.17, 15) is 9.90 Å². The highest BCUT2D eigenvalue weighted by Crippen LogP contribution is 2.24. The summed E-state index contributed by atoms with van der Waals surface area (Å²) < 4.78 is 5.81. The minimum absolute atomic E-state index is 0.00320. The third-order valence-electron chi connectivity index (χ3n) is 4.73. The molecule has 3 unspecified atom stereocenters. The van der Waals surface area contributed by atoms with E-state index in [-0.39, 0.29) is 30.5 Å². The van der Waals surface area contributed by atoms with Gasteiger partial charge in [0.1, 0.15) is 11.3 Å². The number of hydrogen-bond donors (Lipinski definition) is 2. The monoisotopic (exact) mass is 316 g/mol. The van der Waals surface area contributed by atoms with Crippen LogP contribution in [0, 0.1) is 5.92 Å². The van der Waals surface area contributed by atoms with Gasteiger partial charge in [-0.1, -0.05) is 18.2 Å². The summed E-state index contributed by atoms with van der Waals surface area (Å²) in [5.41, 5.74) is 0.835. The number of benzene rings is 1. The molecule has 0 aliphatic carbocycles. The van der Waals surface area contributed by atoms with Crippen molar-refractivity contribution in [2.45, 2.75) is 32.4 Å². The first-order chi connectivity index (χ1) is 11.1. The maximum atomic E-state index is 12.5. The Morgan fingerprint density at radius 1 is 1.43 bits per heavy atom. The van der Waals surface area contributed by atoms with Gasteiger partial charge in [-0.3, -0.25) is 9.69 Å². The Hall–Kier alpha value is -1.85. The van der Waals surface area contributed by atoms with Crippen LogP contribution in [0.5, 0.6) is 0 Å². The Labute approximate surface area is 136 Å². The second-order valence-electron chi connectivity index (χ2n) is 6.43. The summed E-state index contributed by atoms with van der Waals surface area (Å²) in [4.78, 5) is 14.6. The van der Waals surface area contributed by atoms with E-state index < -0.39 is 0 Å². The fourth-order valence-electron chi connectivity index (χ4n) is 3.15. The molecule has 3 atom stereocenters. The molecule has 124 valence electrons. The van der Waals surface area contributed by atoms with E-state index in [1.54, 1.807) is 0 Å². The second-order valence-corrected chi connectivity index (χ2v) is 6.43. The Bertz CT molecular complexity index is 649. The summed E-state index contributed by atoms with van der Waals surface area (Å²) in [5.74, 6) is 1.05. The van der Waals surface area contributed by atoms with Gasteiger partial charge in [0.05, 0.1) is 12.1 Å². The summed E-state index contributed by atoms with van der Waals surface area (Å²) in [7, 11) is 0. The van der Waals surface area contributed by atoms with E-state index in [1.165, 1.54) is 0 Å². The summed E-state index contributed by atoms with van der Waals surface area (Å²) in [6, 6.07) is 9.44. The molecule has 1 aliphatic rings. The standard InChI is InChI=1S/C18H24N2O3/c1-12(17-9-15-5-3-4-6-16(15)23-17)19-18(22)13(2)20-8-7-14(10-20)11-21/h3-6,9,12-14,21H,7-8,10-11H2,1-2H3,(H,19,22). The lowest BCUT2D eigenvalue weighted by Gasteiger charge is -2.24. The maximum absolute atomic E-state index is 12.5. The van der Waals surface area contributed by atoms with Crippen molar-refractivity contribution in [2.75, 3.05) is 19.7 Å². The largest absolute Gasteiger partial charge is 0.459 e. The van der Waals surface area contributed by atoms with E-state index in [0.717, 1.165) is 36.2 Å². The van der Waals surface area contributed by atoms with Gasteiger partial charge in [-0.25, -0.2) is 0 Å². The van der Waals surface area contributed by atoms with Crippen LogP contribution >= 0.6 is 0 Å². The number of aliphatic hydroxyl groups excluding tert-OH is 1. The third kappa shape index (κ3) is 3.41. The van der Waals surface area contributed by atoms with Crippen molar-refractivity contribution in [3.05, 3.63) is 36.1 Å². The SMILES string of the molecule is CC(NC(=O)C(C)N1CCC(CO)C1)c1cc2ccccc2o1. The fraction of sp³-hybridized carbons (Fsp3) is 0.500. The molecule has 23 heavy (non-hydrogen) atoms. The molecular formula is C18H24N2O3. The van der Waals surface area contributed by atoms with Crippen molar-refractivity contribution in [1.82, 2.24) is 10.2 Å². The topological polar surface area (TPSA) is 65.7 Å². The molecule has 1 aromatic heterocycles. The number of nitrogens with zero attached hydrogens (tertiary/aromatic N) is 1. The summed E-state index contributed by atoms with van der Waals surface area (Å²) in [6.07, 6.45) is 0.952. The molecule has 2 heterocycles. The van der Waals surface area contributed by atoms with Crippen molar-refractivity contribution < 1.29 is 14.3 Å². The van der Waals surface area contributed by atoms with Gasteiger partial charge < -0.3 is 14.8 Å². The molecule has 0 bridgehead atoms. The highest BCUT2D eigenvalue weighted by molar-refractivity contribution is 5.82. The van der Waals surface area contributed by atoms with Crippen LogP contribution in [0.4, 0.5) is 0 Å². The van der Waals surface area contributed by atoms with E-state index in [1.807, 2.05) is 44.2 Å². The first kappa shape index (κ1) is 16.0. The fourth-order valence-corrected chi connectivity index (χ4v) is 3.15. The normalized spacial score (nSPS) is 21.4. The summed E-state index contributed by atoms with van der Waals surface area (Å²) in [5, 5.41) is 13.3. The number of aliphatic hydroxyl groups is 1. The van der Waals surface area contributed by atoms with E-state index in [2.05, 4.69) is 10.2 Å². The number of furan rings is 1. The third-order valence-corrected chi connectivity index (χ3v) is 4.73. The zero-order valence-corrected chi connectivity index (χ0v) is 13.7. The van der Waals surface area contributed by atoms with Gasteiger partial charge in [-0.2, -0.15) is 0 Å². The first-order valence-electron chi connectivity index (χ1n) is 8.22. The molecule has 1 aromatic carbocycles. The number of carbonyl (C=O) groups is 1. The molecule has 3 rings (SSSR count). The van der Waals surface area contributed by atoms with Crippen LogP contribution in [0.25, 0.3) is 11.0 Å². The molecular weight excluding hydrogens is 292 g/mol. The van der Waals surface area contributed by atoms with Gasteiger partial charge in [0, 0.05) is 18.5 Å². The second kappa shape index (κ2) is 6.72. The molecule has 2 aromatic rings. The molecule has 5 nitrogen and oxygen atoms in total. The zero-order valence-electron chi connectivity index (χ0n) is 13.7. The number of para-hydroxylation sites is 1. The van der Waals surface area contributed by atoms with Crippen LogP contribution in [0.1, 0.15) is 32.1 Å². The smallest absolute Gasteiger partial charge is 0.237 e. The number of nitrogens with one attached hydrogen (secondary N) is 1. The van der Waals surface area contributed by atoms with Gasteiger partial charge in [0.15, 0.2) is 0 Å². The van der Waals surface area contributed by atoms with Gasteiger partial charge >= 0.3 is 0 Å². The Balaban J connectivity index is 1.62. The quantitative estimate of drug-likeness (QED) is 0.888. The van der Waals surface area contributed by atoms with Crippen molar-refractivity contribution in [3.8, 4) is 0 Å². The molecule has 0 spiro atoms.